The fourth-order valence-electron chi connectivity index (χ4n) is 4.86. The number of fused-ring (bicyclic) bond motifs is 1. The summed E-state index contributed by atoms with van der Waals surface area (Å²) in [4.78, 5) is 15.0. The molecule has 1 atom stereocenters. The average Bonchev–Trinajstić information content (AvgIpc) is 3.20. The third-order valence-corrected chi connectivity index (χ3v) is 8.72. The van der Waals surface area contributed by atoms with E-state index >= 15 is 0 Å². The molecule has 4 rings (SSSR count). The van der Waals surface area contributed by atoms with Crippen molar-refractivity contribution in [1.82, 2.24) is 10.2 Å². The number of carbonyl (C=O) groups is 1. The number of hydrogen-bond donors (Lipinski definition) is 1. The Kier molecular flexibility index (Phi) is 5.40. The van der Waals surface area contributed by atoms with Crippen molar-refractivity contribution < 1.29 is 17.9 Å². The number of ether oxygens (including phenoxy) is 1. The lowest BCUT2D eigenvalue weighted by molar-refractivity contribution is -0.120. The summed E-state index contributed by atoms with van der Waals surface area (Å²) < 4.78 is 31.5. The quantitative estimate of drug-likeness (QED) is 0.831. The number of likely N-dealkylation sites (tertiary alicyclic amines) is 1. The van der Waals surface area contributed by atoms with Crippen molar-refractivity contribution in [2.24, 2.45) is 0 Å². The lowest BCUT2D eigenvalue weighted by Crippen LogP contribution is -2.52. The number of rotatable bonds is 4. The van der Waals surface area contributed by atoms with Crippen LogP contribution < -0.4 is 10.1 Å². The van der Waals surface area contributed by atoms with Gasteiger partial charge in [-0.25, -0.2) is 8.42 Å². The Labute approximate surface area is 167 Å². The van der Waals surface area contributed by atoms with Crippen molar-refractivity contribution in [2.45, 2.75) is 61.8 Å². The van der Waals surface area contributed by atoms with Crippen LogP contribution >= 0.6 is 0 Å². The summed E-state index contributed by atoms with van der Waals surface area (Å²) in [5.74, 6) is 0.00589. The van der Waals surface area contributed by atoms with Gasteiger partial charge in [-0.2, -0.15) is 0 Å². The van der Waals surface area contributed by atoms with E-state index in [1.54, 1.807) is 0 Å². The fourth-order valence-corrected chi connectivity index (χ4v) is 6.60. The summed E-state index contributed by atoms with van der Waals surface area (Å²) in [6.07, 6.45) is 5.76. The Balaban J connectivity index is 1.50. The van der Waals surface area contributed by atoms with E-state index in [0.717, 1.165) is 50.1 Å². The first-order valence-electron chi connectivity index (χ1n) is 10.3. The summed E-state index contributed by atoms with van der Waals surface area (Å²) in [5, 5.41) is 2.68. The molecule has 1 N–H and O–H groups in total. The van der Waals surface area contributed by atoms with Crippen LogP contribution in [0.4, 0.5) is 0 Å². The van der Waals surface area contributed by atoms with Crippen molar-refractivity contribution in [2.75, 3.05) is 25.9 Å². The number of hydrogen-bond acceptors (Lipinski definition) is 5. The summed E-state index contributed by atoms with van der Waals surface area (Å²) in [6, 6.07) is 7.58. The SMILES string of the molecule is CN1CCC2(CC1)CC(NC(=O)CS(=O)(=O)C1CCCC1)c1ccccc1O2. The fraction of sp³-hybridized carbons (Fsp3) is 0.667. The van der Waals surface area contributed by atoms with E-state index in [9.17, 15) is 13.2 Å². The largest absolute Gasteiger partial charge is 0.487 e. The maximum atomic E-state index is 12.7. The highest BCUT2D eigenvalue weighted by molar-refractivity contribution is 7.92. The first kappa shape index (κ1) is 19.7. The van der Waals surface area contributed by atoms with Crippen LogP contribution in [0.1, 0.15) is 56.6 Å². The molecule has 1 aromatic carbocycles. The summed E-state index contributed by atoms with van der Waals surface area (Å²) in [7, 11) is -1.27. The van der Waals surface area contributed by atoms with Gasteiger partial charge in [-0.05, 0) is 38.8 Å². The molecule has 28 heavy (non-hydrogen) atoms. The van der Waals surface area contributed by atoms with Gasteiger partial charge < -0.3 is 15.0 Å². The smallest absolute Gasteiger partial charge is 0.235 e. The number of nitrogens with zero attached hydrogens (tertiary/aromatic N) is 1. The minimum Gasteiger partial charge on any atom is -0.487 e. The molecular weight excluding hydrogens is 376 g/mol. The molecule has 2 aliphatic heterocycles. The van der Waals surface area contributed by atoms with Crippen molar-refractivity contribution >= 4 is 15.7 Å². The molecule has 154 valence electrons. The Hall–Kier alpha value is -1.60. The van der Waals surface area contributed by atoms with Crippen molar-refractivity contribution in [3.05, 3.63) is 29.8 Å². The number of carbonyl (C=O) groups excluding carboxylic acids is 1. The van der Waals surface area contributed by atoms with E-state index in [0.29, 0.717) is 19.3 Å². The highest BCUT2D eigenvalue weighted by atomic mass is 32.2. The first-order chi connectivity index (χ1) is 13.4. The zero-order chi connectivity index (χ0) is 19.8. The molecule has 0 bridgehead atoms. The normalized spacial score (nSPS) is 25.2. The highest BCUT2D eigenvalue weighted by Gasteiger charge is 2.43. The second kappa shape index (κ2) is 7.67. The maximum Gasteiger partial charge on any atom is 0.235 e. The Morgan fingerprint density at radius 3 is 2.61 bits per heavy atom. The molecule has 0 radical (unpaired) electrons. The van der Waals surface area contributed by atoms with Gasteiger partial charge >= 0.3 is 0 Å². The molecule has 6 nitrogen and oxygen atoms in total. The molecule has 1 aromatic rings. The third-order valence-electron chi connectivity index (χ3n) is 6.57. The van der Waals surface area contributed by atoms with Gasteiger partial charge in [0.1, 0.15) is 17.1 Å². The van der Waals surface area contributed by atoms with Gasteiger partial charge in [-0.1, -0.05) is 31.0 Å². The molecule has 1 aliphatic carbocycles. The van der Waals surface area contributed by atoms with Crippen LogP contribution in [0, 0.1) is 0 Å². The zero-order valence-electron chi connectivity index (χ0n) is 16.5. The lowest BCUT2D eigenvalue weighted by atomic mass is 9.80. The van der Waals surface area contributed by atoms with Gasteiger partial charge in [-0.15, -0.1) is 0 Å². The maximum absolute atomic E-state index is 12.7. The number of para-hydroxylation sites is 1. The zero-order valence-corrected chi connectivity index (χ0v) is 17.3. The molecule has 2 fully saturated rings. The molecule has 1 saturated heterocycles. The van der Waals surface area contributed by atoms with Crippen LogP contribution in [-0.2, 0) is 14.6 Å². The molecule has 1 unspecified atom stereocenters. The Bertz CT molecular complexity index is 825. The topological polar surface area (TPSA) is 75.7 Å². The van der Waals surface area contributed by atoms with Gasteiger partial charge in [0.2, 0.25) is 5.91 Å². The monoisotopic (exact) mass is 406 g/mol. The second-order valence-corrected chi connectivity index (χ2v) is 10.9. The van der Waals surface area contributed by atoms with Crippen LogP contribution in [0.5, 0.6) is 5.75 Å². The number of sulfone groups is 1. The minimum absolute atomic E-state index is 0.209. The summed E-state index contributed by atoms with van der Waals surface area (Å²) >= 11 is 0. The molecule has 2 heterocycles. The van der Waals surface area contributed by atoms with Crippen LogP contribution in [0.3, 0.4) is 0 Å². The number of benzene rings is 1. The van der Waals surface area contributed by atoms with Crippen LogP contribution in [0.2, 0.25) is 0 Å². The molecule has 1 amide bonds. The molecule has 0 aromatic heterocycles. The van der Waals surface area contributed by atoms with E-state index in [-0.39, 0.29) is 16.9 Å². The van der Waals surface area contributed by atoms with Crippen LogP contribution in [0.25, 0.3) is 0 Å². The van der Waals surface area contributed by atoms with Gasteiger partial charge in [0.05, 0.1) is 11.3 Å². The lowest BCUT2D eigenvalue weighted by Gasteiger charge is -2.46. The van der Waals surface area contributed by atoms with Gasteiger partial charge in [0, 0.05) is 25.1 Å². The molecule has 1 spiro atoms. The van der Waals surface area contributed by atoms with Crippen molar-refractivity contribution in [3.8, 4) is 5.75 Å². The molecular formula is C21H30N2O4S. The highest BCUT2D eigenvalue weighted by Crippen LogP contribution is 2.44. The molecule has 3 aliphatic rings. The van der Waals surface area contributed by atoms with E-state index in [1.807, 2.05) is 24.3 Å². The van der Waals surface area contributed by atoms with Crippen molar-refractivity contribution in [1.29, 1.82) is 0 Å². The number of piperidine rings is 1. The standard InChI is InChI=1S/C21H30N2O4S/c1-23-12-10-21(11-13-23)14-18(17-8-4-5-9-19(17)27-21)22-20(24)15-28(25,26)16-6-2-3-7-16/h4-5,8-9,16,18H,2-3,6-7,10-15H2,1H3,(H,22,24). The van der Waals surface area contributed by atoms with E-state index in [4.69, 9.17) is 4.74 Å². The number of nitrogens with one attached hydrogen (secondary N) is 1. The van der Waals surface area contributed by atoms with Gasteiger partial charge in [0.25, 0.3) is 0 Å². The predicted octanol–water partition coefficient (Wildman–Crippen LogP) is 2.45. The molecule has 1 saturated carbocycles. The van der Waals surface area contributed by atoms with Crippen LogP contribution in [-0.4, -0.2) is 56.0 Å². The van der Waals surface area contributed by atoms with E-state index in [1.165, 1.54) is 0 Å². The molecule has 7 heteroatoms. The summed E-state index contributed by atoms with van der Waals surface area (Å²) in [5.41, 5.74) is 0.655. The van der Waals surface area contributed by atoms with Crippen molar-refractivity contribution in [3.63, 3.8) is 0 Å². The van der Waals surface area contributed by atoms with E-state index < -0.39 is 21.5 Å². The minimum atomic E-state index is -3.38. The number of amides is 1. The Morgan fingerprint density at radius 2 is 1.89 bits per heavy atom. The van der Waals surface area contributed by atoms with E-state index in [2.05, 4.69) is 17.3 Å². The van der Waals surface area contributed by atoms with Crippen LogP contribution in [0.15, 0.2) is 24.3 Å². The second-order valence-electron chi connectivity index (χ2n) is 8.66. The van der Waals surface area contributed by atoms with Gasteiger partial charge in [-0.3, -0.25) is 4.79 Å². The van der Waals surface area contributed by atoms with Gasteiger partial charge in [0.15, 0.2) is 9.84 Å². The Morgan fingerprint density at radius 1 is 1.21 bits per heavy atom. The average molecular weight is 407 g/mol. The third kappa shape index (κ3) is 4.06. The predicted molar refractivity (Wildman–Crippen MR) is 108 cm³/mol. The summed E-state index contributed by atoms with van der Waals surface area (Å²) in [6.45, 7) is 1.91. The first-order valence-corrected chi connectivity index (χ1v) is 12.1.